The van der Waals surface area contributed by atoms with Crippen molar-refractivity contribution >= 4 is 0 Å². The molecule has 0 saturated carbocycles. The molecule has 0 aliphatic heterocycles. The van der Waals surface area contributed by atoms with Gasteiger partial charge in [0.2, 0.25) is 22.8 Å². The molecular formula is C86H124N4+4. The molecule has 0 N–H and O–H groups in total. The lowest BCUT2D eigenvalue weighted by atomic mass is 9.81. The zero-order valence-corrected chi connectivity index (χ0v) is 60.5. The molecule has 4 aromatic heterocycles. The van der Waals surface area contributed by atoms with Crippen LogP contribution in [0, 0.1) is 87.7 Å². The molecule has 0 atom stereocenters. The Balaban J connectivity index is 0.000000260. The quantitative estimate of drug-likeness (QED) is 0.121. The van der Waals surface area contributed by atoms with Crippen molar-refractivity contribution in [3.8, 4) is 45.0 Å². The number of aryl methyl sites for hydroxylation is 12. The van der Waals surface area contributed by atoms with Crippen LogP contribution >= 0.6 is 0 Å². The van der Waals surface area contributed by atoms with Crippen LogP contribution in [0.25, 0.3) is 45.0 Å². The number of rotatable bonds is 10. The highest BCUT2D eigenvalue weighted by Gasteiger charge is 2.27. The SMILES string of the molecule is [2H]C([2H])([2H])c1ccc(-c2cc(C([2H])([2H])C(C)(C)C)c(C([2H])([2H])C(C)(C)C)c[n+]2C)c(C)c1.[2H]C([2H])([2H])c1ccc(-c2cc(C)c(C([2H])([2H])C(C)(C)C)c[n+]2C)c(C)c1.[2H]C([2H])(c1c[n+](C)c(-c2ccccc2C)cc1C)C(C)(C)C.[2H]C([2H])(c1cc(-c2ccccc2C)[n+](C)cc1C([2H])([2H])C(C)(C)C)C(C)(C)C. The summed E-state index contributed by atoms with van der Waals surface area (Å²) >= 11 is 0. The van der Waals surface area contributed by atoms with Crippen molar-refractivity contribution in [3.05, 3.63) is 212 Å². The van der Waals surface area contributed by atoms with E-state index in [2.05, 4.69) is 25.1 Å². The molecule has 90 heavy (non-hydrogen) atoms. The number of benzene rings is 4. The van der Waals surface area contributed by atoms with Crippen molar-refractivity contribution in [3.63, 3.8) is 0 Å². The molecule has 0 fully saturated rings. The minimum absolute atomic E-state index is 0.257. The van der Waals surface area contributed by atoms with Crippen molar-refractivity contribution in [2.45, 2.75) is 218 Å². The smallest absolute Gasteiger partial charge is 0.201 e. The van der Waals surface area contributed by atoms with Crippen LogP contribution in [0.2, 0.25) is 0 Å². The molecule has 0 aliphatic rings. The van der Waals surface area contributed by atoms with Gasteiger partial charge in [0.25, 0.3) is 0 Å². The fourth-order valence-corrected chi connectivity index (χ4v) is 10.6. The van der Waals surface area contributed by atoms with Crippen LogP contribution in [0.15, 0.2) is 134 Å². The van der Waals surface area contributed by atoms with Gasteiger partial charge in [-0.2, -0.15) is 0 Å². The van der Waals surface area contributed by atoms with Gasteiger partial charge in [0, 0.05) is 93.4 Å². The fraction of sp³-hybridized carbons (Fsp3) is 0.488. The molecule has 0 bridgehead atoms. The summed E-state index contributed by atoms with van der Waals surface area (Å²) in [5, 5.41) is 0. The van der Waals surface area contributed by atoms with E-state index in [1.807, 2.05) is 268 Å². The maximum Gasteiger partial charge on any atom is 0.212 e. The molecule has 4 heteroatoms. The van der Waals surface area contributed by atoms with Gasteiger partial charge in [0.15, 0.2) is 24.8 Å². The molecular weight excluding hydrogens is 1090 g/mol. The highest BCUT2D eigenvalue weighted by molar-refractivity contribution is 5.65. The van der Waals surface area contributed by atoms with Crippen LogP contribution < -0.4 is 18.3 Å². The second-order valence-corrected chi connectivity index (χ2v) is 30.9. The number of pyridine rings is 4. The molecule has 0 unspecified atom stereocenters. The normalized spacial score (nSPS) is 16.4. The van der Waals surface area contributed by atoms with Crippen LogP contribution in [-0.2, 0) is 66.4 Å². The first kappa shape index (κ1) is 51.0. The predicted octanol–water partition coefficient (Wildman–Crippen LogP) is 20.7. The topological polar surface area (TPSA) is 15.5 Å². The first-order valence-electron chi connectivity index (χ1n) is 40.8. The molecule has 0 aliphatic carbocycles. The van der Waals surface area contributed by atoms with Crippen molar-refractivity contribution in [1.82, 2.24) is 0 Å². The van der Waals surface area contributed by atoms with Gasteiger partial charge in [-0.3, -0.25) is 0 Å². The average Bonchev–Trinajstić information content (AvgIpc) is 0.745. The zero-order chi connectivity index (χ0) is 83.6. The van der Waals surface area contributed by atoms with E-state index in [-0.39, 0.29) is 5.56 Å². The number of nitrogens with zero attached hydrogens (tertiary/aromatic N) is 4. The van der Waals surface area contributed by atoms with E-state index in [1.54, 1.807) is 53.4 Å². The second-order valence-electron chi connectivity index (χ2n) is 30.9. The van der Waals surface area contributed by atoms with Crippen LogP contribution in [0.1, 0.15) is 227 Å². The number of hydrogen-bond acceptors (Lipinski definition) is 0. The standard InChI is InChI=1S/C24H36N.C23H34N.C20H28N.C19H26N/c1-17-10-11-21(18(2)12-17)22-13-19(14-23(3,4)5)20(16-25(22)9)15-24(6,7)8;1-17-11-9-10-12-20(17)21-13-18(14-22(2,3)4)19(16-24(21)8)15-23(5,6)7;1-14-8-9-18(16(3)10-14)19-11-15(2)17(13-21(19)7)12-20(4,5)6;1-14-9-7-8-10-17(14)18-11-15(2)16(13-20(18)6)12-19(3,4)5/h10-13,16H,14-15H2,1-9H3;9-13,16H,14-15H2,1-8H3;8-11,13H,12H2,1-7H3;7-11,13H,12H2,1-6H3/q4*+1/i1D3,14D2,15D2;14D2,15D2;1D3,12D2;12D2. The van der Waals surface area contributed by atoms with Crippen molar-refractivity contribution in [2.24, 2.45) is 60.7 Å². The highest BCUT2D eigenvalue weighted by atomic mass is 14.9. The number of hydrogen-bond donors (Lipinski definition) is 0. The minimum Gasteiger partial charge on any atom is -0.201 e. The lowest BCUT2D eigenvalue weighted by molar-refractivity contribution is -0.661. The Morgan fingerprint density at radius 1 is 0.278 bits per heavy atom. The molecule has 0 saturated heterocycles. The third-order valence-electron chi connectivity index (χ3n) is 14.4. The predicted molar refractivity (Wildman–Crippen MR) is 389 cm³/mol. The molecule has 4 nitrogen and oxygen atoms in total. The second kappa shape index (κ2) is 29.8. The Morgan fingerprint density at radius 3 is 0.789 bits per heavy atom. The Morgan fingerprint density at radius 2 is 0.522 bits per heavy atom. The molecule has 0 spiro atoms. The molecule has 0 amide bonds. The Hall–Kier alpha value is -6.52. The maximum absolute atomic E-state index is 8.96. The third-order valence-corrected chi connectivity index (χ3v) is 14.4. The van der Waals surface area contributed by atoms with Crippen LogP contribution in [0.4, 0.5) is 0 Å². The largest absolute Gasteiger partial charge is 0.212 e. The summed E-state index contributed by atoms with van der Waals surface area (Å²) in [6, 6.07) is 34.2. The average molecular weight is 1230 g/mol. The Labute approximate surface area is 576 Å². The highest BCUT2D eigenvalue weighted by Crippen LogP contribution is 2.34. The maximum atomic E-state index is 8.96. The summed E-state index contributed by atoms with van der Waals surface area (Å²) in [4.78, 5) is 0. The van der Waals surface area contributed by atoms with Crippen molar-refractivity contribution < 1.29 is 42.9 Å². The lowest BCUT2D eigenvalue weighted by Gasteiger charge is -2.24. The van der Waals surface area contributed by atoms with Gasteiger partial charge in [-0.25, -0.2) is 18.3 Å². The summed E-state index contributed by atoms with van der Waals surface area (Å²) in [5.41, 5.74) is 13.1. The van der Waals surface area contributed by atoms with Crippen molar-refractivity contribution in [1.29, 1.82) is 0 Å². The summed E-state index contributed by atoms with van der Waals surface area (Å²) in [6.45, 7) is 41.1. The van der Waals surface area contributed by atoms with Gasteiger partial charge < -0.3 is 0 Å². The van der Waals surface area contributed by atoms with Crippen LogP contribution in [-0.4, -0.2) is 0 Å². The van der Waals surface area contributed by atoms with E-state index in [4.69, 9.17) is 24.7 Å². The van der Waals surface area contributed by atoms with Crippen LogP contribution in [0.5, 0.6) is 0 Å². The zero-order valence-electron chi connectivity index (χ0n) is 78.5. The van der Waals surface area contributed by atoms with Gasteiger partial charge >= 0.3 is 0 Å². The van der Waals surface area contributed by atoms with Crippen molar-refractivity contribution in [2.75, 3.05) is 0 Å². The first-order valence-corrected chi connectivity index (χ1v) is 31.8. The molecule has 484 valence electrons. The van der Waals surface area contributed by atoms with Crippen LogP contribution in [0.3, 0.4) is 0 Å². The molecule has 8 aromatic rings. The summed E-state index contributed by atoms with van der Waals surface area (Å²) in [6.07, 6.45) is -2.55. The van der Waals surface area contributed by atoms with Gasteiger partial charge in [-0.15, -0.1) is 0 Å². The van der Waals surface area contributed by atoms with E-state index in [9.17, 15) is 0 Å². The van der Waals surface area contributed by atoms with E-state index < -0.39 is 84.4 Å². The van der Waals surface area contributed by atoms with E-state index >= 15 is 0 Å². The van der Waals surface area contributed by atoms with E-state index in [0.29, 0.717) is 39.1 Å². The summed E-state index contributed by atoms with van der Waals surface area (Å²) < 4.78 is 159. The Bertz CT molecular complexity index is 4550. The monoisotopic (exact) mass is 1230 g/mol. The minimum atomic E-state index is -2.20. The third kappa shape index (κ3) is 23.0. The van der Waals surface area contributed by atoms with Gasteiger partial charge in [-0.1, -0.05) is 196 Å². The summed E-state index contributed by atoms with van der Waals surface area (Å²) in [5.74, 6) is 0. The fourth-order valence-electron chi connectivity index (χ4n) is 10.6. The number of aromatic nitrogens is 4. The first-order chi connectivity index (χ1) is 48.3. The molecule has 4 heterocycles. The molecule has 0 radical (unpaired) electrons. The van der Waals surface area contributed by atoms with Gasteiger partial charge in [0.05, 0.1) is 0 Å². The molecule has 8 rings (SSSR count). The lowest BCUT2D eigenvalue weighted by Crippen LogP contribution is -2.33. The van der Waals surface area contributed by atoms with Gasteiger partial charge in [-0.05, 0) is 195 Å². The van der Waals surface area contributed by atoms with E-state index in [0.717, 1.165) is 67.2 Å². The Kier molecular flexibility index (Phi) is 16.9. The molecule has 4 aromatic carbocycles. The van der Waals surface area contributed by atoms with E-state index in [1.165, 1.54) is 11.1 Å². The summed E-state index contributed by atoms with van der Waals surface area (Å²) in [7, 11) is 7.60. The van der Waals surface area contributed by atoms with Gasteiger partial charge in [0.1, 0.15) is 28.2 Å².